The van der Waals surface area contributed by atoms with Crippen molar-refractivity contribution < 1.29 is 19.5 Å². The maximum Gasteiger partial charge on any atom is 0.247 e. The van der Waals surface area contributed by atoms with E-state index >= 15 is 0 Å². The molecule has 5 atom stereocenters. The van der Waals surface area contributed by atoms with Crippen LogP contribution in [0.2, 0.25) is 0 Å². The molecule has 0 aromatic heterocycles. The fourth-order valence-corrected chi connectivity index (χ4v) is 8.82. The highest BCUT2D eigenvalue weighted by Gasteiger charge is 2.74. The summed E-state index contributed by atoms with van der Waals surface area (Å²) in [6.45, 7) is 13.0. The van der Waals surface area contributed by atoms with E-state index < -0.39 is 22.6 Å². The van der Waals surface area contributed by atoms with Crippen LogP contribution in [0.1, 0.15) is 46.0 Å². The minimum Gasteiger partial charge on any atom is -0.396 e. The number of aliphatic hydroxyl groups excluding tert-OH is 1. The van der Waals surface area contributed by atoms with Gasteiger partial charge in [-0.25, -0.2) is 0 Å². The van der Waals surface area contributed by atoms with Gasteiger partial charge in [0.05, 0.1) is 16.6 Å². The number of carbonyl (C=O) groups is 3. The van der Waals surface area contributed by atoms with E-state index in [0.29, 0.717) is 32.5 Å². The molecular weight excluding hydrogens is 498 g/mol. The van der Waals surface area contributed by atoms with Crippen molar-refractivity contribution in [3.63, 3.8) is 0 Å². The molecule has 1 spiro atoms. The molecule has 206 valence electrons. The lowest BCUT2D eigenvalue weighted by Crippen LogP contribution is -2.56. The van der Waals surface area contributed by atoms with Crippen molar-refractivity contribution in [2.75, 3.05) is 31.1 Å². The second-order valence-corrected chi connectivity index (χ2v) is 12.4. The van der Waals surface area contributed by atoms with Crippen molar-refractivity contribution in [3.05, 3.63) is 55.6 Å². The molecule has 2 unspecified atom stereocenters. The van der Waals surface area contributed by atoms with Gasteiger partial charge in [-0.3, -0.25) is 14.4 Å². The first-order valence-electron chi connectivity index (χ1n) is 13.8. The Morgan fingerprint density at radius 3 is 2.47 bits per heavy atom. The zero-order chi connectivity index (χ0) is 27.4. The molecule has 4 rings (SSSR count). The van der Waals surface area contributed by atoms with Crippen molar-refractivity contribution >= 4 is 35.2 Å². The van der Waals surface area contributed by atoms with Crippen molar-refractivity contribution in [1.82, 2.24) is 9.80 Å². The second kappa shape index (κ2) is 12.1. The molecule has 3 saturated heterocycles. The molecule has 0 saturated carbocycles. The Morgan fingerprint density at radius 1 is 1.13 bits per heavy atom. The first-order valence-corrected chi connectivity index (χ1v) is 14.7. The number of thioether (sulfide) groups is 1. The van der Waals surface area contributed by atoms with Crippen LogP contribution in [0.25, 0.3) is 0 Å². The number of likely N-dealkylation sites (tertiary alicyclic amines) is 1. The van der Waals surface area contributed by atoms with Gasteiger partial charge >= 0.3 is 0 Å². The zero-order valence-electron chi connectivity index (χ0n) is 22.6. The van der Waals surface area contributed by atoms with Crippen LogP contribution in [0.3, 0.4) is 0 Å². The fourth-order valence-electron chi connectivity index (χ4n) is 6.62. The maximum atomic E-state index is 14.2. The summed E-state index contributed by atoms with van der Waals surface area (Å²) < 4.78 is -0.610. The van der Waals surface area contributed by atoms with E-state index in [1.165, 1.54) is 0 Å². The summed E-state index contributed by atoms with van der Waals surface area (Å²) in [5.41, 5.74) is 0.787. The van der Waals surface area contributed by atoms with Crippen molar-refractivity contribution in [3.8, 4) is 0 Å². The molecule has 3 aliphatic rings. The van der Waals surface area contributed by atoms with E-state index in [1.807, 2.05) is 44.2 Å². The Labute approximate surface area is 230 Å². The minimum absolute atomic E-state index is 0.00576. The van der Waals surface area contributed by atoms with Gasteiger partial charge in [0, 0.05) is 43.2 Å². The lowest BCUT2D eigenvalue weighted by molar-refractivity contribution is -0.143. The largest absolute Gasteiger partial charge is 0.396 e. The average Bonchev–Trinajstić information content (AvgIpc) is 3.55. The molecule has 3 fully saturated rings. The van der Waals surface area contributed by atoms with Gasteiger partial charge in [0.25, 0.3) is 0 Å². The van der Waals surface area contributed by atoms with Crippen LogP contribution in [0.4, 0.5) is 5.69 Å². The third kappa shape index (κ3) is 4.93. The molecule has 1 aromatic carbocycles. The number of anilines is 1. The fraction of sp³-hybridized carbons (Fsp3) is 0.567. The summed E-state index contributed by atoms with van der Waals surface area (Å²) in [5, 5.41) is 9.25. The van der Waals surface area contributed by atoms with E-state index in [0.717, 1.165) is 24.9 Å². The van der Waals surface area contributed by atoms with Gasteiger partial charge in [0.15, 0.2) is 0 Å². The van der Waals surface area contributed by atoms with E-state index in [-0.39, 0.29) is 35.6 Å². The number of aliphatic hydroxyl groups is 1. The Balaban J connectivity index is 1.72. The second-order valence-electron chi connectivity index (χ2n) is 10.8. The van der Waals surface area contributed by atoms with E-state index in [1.54, 1.807) is 38.6 Å². The van der Waals surface area contributed by atoms with Gasteiger partial charge < -0.3 is 19.8 Å². The highest BCUT2D eigenvalue weighted by Crippen LogP contribution is 2.66. The Kier molecular flexibility index (Phi) is 9.04. The molecule has 0 aliphatic carbocycles. The quantitative estimate of drug-likeness (QED) is 0.304. The SMILES string of the molecule is C=CCN(C(=O)[C@@H]1[C@@H]2CCC3(S2)C(C(=O)N(CC=C)C(C)C)N(CCCCCO)C(=O)[C@H]13)c1ccccc1. The predicted molar refractivity (Wildman–Crippen MR) is 153 cm³/mol. The number of para-hydroxylation sites is 1. The molecular formula is C30H41N3O4S. The third-order valence-corrected chi connectivity index (χ3v) is 10.2. The summed E-state index contributed by atoms with van der Waals surface area (Å²) in [6.07, 6.45) is 7.15. The van der Waals surface area contributed by atoms with Crippen molar-refractivity contribution in [2.24, 2.45) is 11.8 Å². The molecule has 2 bridgehead atoms. The molecule has 38 heavy (non-hydrogen) atoms. The van der Waals surface area contributed by atoms with E-state index in [9.17, 15) is 19.5 Å². The molecule has 7 nitrogen and oxygen atoms in total. The minimum atomic E-state index is -0.610. The molecule has 1 aromatic rings. The summed E-state index contributed by atoms with van der Waals surface area (Å²) >= 11 is 1.70. The molecule has 1 N–H and O–H groups in total. The normalized spacial score (nSPS) is 27.5. The summed E-state index contributed by atoms with van der Waals surface area (Å²) in [5.74, 6) is -1.20. The van der Waals surface area contributed by atoms with Crippen LogP contribution in [0.5, 0.6) is 0 Å². The smallest absolute Gasteiger partial charge is 0.247 e. The summed E-state index contributed by atoms with van der Waals surface area (Å²) in [6, 6.07) is 8.89. The summed E-state index contributed by atoms with van der Waals surface area (Å²) in [7, 11) is 0. The number of carbonyl (C=O) groups excluding carboxylic acids is 3. The Hall–Kier alpha value is -2.58. The first kappa shape index (κ1) is 28.4. The van der Waals surface area contributed by atoms with Crippen molar-refractivity contribution in [1.29, 1.82) is 0 Å². The van der Waals surface area contributed by atoms with Crippen LogP contribution in [-0.2, 0) is 14.4 Å². The molecule has 0 radical (unpaired) electrons. The number of rotatable bonds is 13. The zero-order valence-corrected chi connectivity index (χ0v) is 23.4. The first-order chi connectivity index (χ1) is 18.3. The molecule has 3 aliphatic heterocycles. The summed E-state index contributed by atoms with van der Waals surface area (Å²) in [4.78, 5) is 47.9. The third-order valence-electron chi connectivity index (χ3n) is 8.25. The van der Waals surface area contributed by atoms with Gasteiger partial charge in [-0.05, 0) is 58.1 Å². The van der Waals surface area contributed by atoms with Crippen molar-refractivity contribution in [2.45, 2.75) is 68.0 Å². The average molecular weight is 540 g/mol. The number of hydrogen-bond donors (Lipinski definition) is 1. The number of unbranched alkanes of at least 4 members (excludes halogenated alkanes) is 2. The van der Waals surface area contributed by atoms with Gasteiger partial charge in [0.1, 0.15) is 6.04 Å². The predicted octanol–water partition coefficient (Wildman–Crippen LogP) is 3.88. The van der Waals surface area contributed by atoms with Crippen LogP contribution in [0.15, 0.2) is 55.6 Å². The lowest BCUT2D eigenvalue weighted by Gasteiger charge is -2.38. The number of benzene rings is 1. The molecule has 3 heterocycles. The van der Waals surface area contributed by atoms with Gasteiger partial charge in [-0.15, -0.1) is 24.9 Å². The Morgan fingerprint density at radius 2 is 1.84 bits per heavy atom. The highest BCUT2D eigenvalue weighted by atomic mass is 32.2. The van der Waals surface area contributed by atoms with Gasteiger partial charge in [-0.1, -0.05) is 30.4 Å². The van der Waals surface area contributed by atoms with Crippen LogP contribution < -0.4 is 4.90 Å². The Bertz CT molecular complexity index is 1050. The standard InChI is InChI=1S/C30H41N3O4S/c1-5-17-31(21(3)4)29(37)26-30-16-15-23(38-30)24(25(30)28(36)33(26)19-11-8-12-20-34)27(35)32(18-6-2)22-13-9-7-10-14-22/h5-7,9-10,13-14,21,23-26,34H,1-2,8,11-12,15-20H2,3-4H3/t23-,24+,25-,26?,30?/m0/s1. The van der Waals surface area contributed by atoms with E-state index in [2.05, 4.69) is 13.2 Å². The number of amides is 3. The van der Waals surface area contributed by atoms with Crippen LogP contribution in [0, 0.1) is 11.8 Å². The number of fused-ring (bicyclic) bond motifs is 1. The molecule has 3 amide bonds. The number of nitrogens with zero attached hydrogens (tertiary/aromatic N) is 3. The van der Waals surface area contributed by atoms with Crippen LogP contribution >= 0.6 is 11.8 Å². The van der Waals surface area contributed by atoms with E-state index in [4.69, 9.17) is 0 Å². The molecule has 8 heteroatoms. The highest BCUT2D eigenvalue weighted by molar-refractivity contribution is 8.02. The van der Waals surface area contributed by atoms with Gasteiger partial charge in [0.2, 0.25) is 17.7 Å². The monoisotopic (exact) mass is 539 g/mol. The lowest BCUT2D eigenvalue weighted by atomic mass is 9.70. The maximum absolute atomic E-state index is 14.2. The number of hydrogen-bond acceptors (Lipinski definition) is 5. The topological polar surface area (TPSA) is 81.2 Å². The van der Waals surface area contributed by atoms with Gasteiger partial charge in [-0.2, -0.15) is 0 Å². The van der Waals surface area contributed by atoms with Crippen LogP contribution in [-0.4, -0.2) is 80.9 Å².